The molecule has 2 unspecified atom stereocenters. The molecule has 2 amide bonds. The van der Waals surface area contributed by atoms with Crippen molar-refractivity contribution in [1.29, 1.82) is 0 Å². The maximum atomic E-state index is 12.1. The molecule has 5 nitrogen and oxygen atoms in total. The highest BCUT2D eigenvalue weighted by Gasteiger charge is 2.26. The molecule has 2 aliphatic rings. The minimum absolute atomic E-state index is 0.0449. The lowest BCUT2D eigenvalue weighted by Gasteiger charge is -2.35. The molecule has 18 heavy (non-hydrogen) atoms. The maximum Gasteiger partial charge on any atom is 0.317 e. The van der Waals surface area contributed by atoms with E-state index in [-0.39, 0.29) is 18.2 Å². The molecule has 0 radical (unpaired) electrons. The summed E-state index contributed by atoms with van der Waals surface area (Å²) in [6, 6.07) is 0.0449. The van der Waals surface area contributed by atoms with Crippen LogP contribution in [-0.4, -0.2) is 56.0 Å². The summed E-state index contributed by atoms with van der Waals surface area (Å²) in [5, 5.41) is 3.04. The summed E-state index contributed by atoms with van der Waals surface area (Å²) < 4.78 is 10.9. The van der Waals surface area contributed by atoms with E-state index in [0.717, 1.165) is 32.6 Å². The number of ether oxygens (including phenoxy) is 2. The Morgan fingerprint density at radius 3 is 2.44 bits per heavy atom. The minimum atomic E-state index is 0.0449. The van der Waals surface area contributed by atoms with Gasteiger partial charge in [0.2, 0.25) is 0 Å². The molecule has 5 heteroatoms. The number of amides is 2. The molecule has 0 saturated carbocycles. The van der Waals surface area contributed by atoms with Gasteiger partial charge < -0.3 is 19.7 Å². The van der Waals surface area contributed by atoms with Crippen molar-refractivity contribution in [2.75, 3.05) is 32.8 Å². The van der Waals surface area contributed by atoms with Crippen LogP contribution in [0.1, 0.15) is 26.7 Å². The molecule has 2 rings (SSSR count). The normalized spacial score (nSPS) is 30.2. The van der Waals surface area contributed by atoms with Gasteiger partial charge in [-0.15, -0.1) is 0 Å². The van der Waals surface area contributed by atoms with E-state index in [4.69, 9.17) is 9.47 Å². The number of rotatable bonds is 2. The smallest absolute Gasteiger partial charge is 0.317 e. The molecule has 2 saturated heterocycles. The van der Waals surface area contributed by atoms with Crippen LogP contribution in [-0.2, 0) is 9.47 Å². The first-order valence-electron chi connectivity index (χ1n) is 6.91. The first-order chi connectivity index (χ1) is 8.65. The van der Waals surface area contributed by atoms with E-state index >= 15 is 0 Å². The van der Waals surface area contributed by atoms with Gasteiger partial charge in [0.1, 0.15) is 0 Å². The van der Waals surface area contributed by atoms with E-state index in [0.29, 0.717) is 19.0 Å². The zero-order valence-electron chi connectivity index (χ0n) is 11.4. The van der Waals surface area contributed by atoms with Gasteiger partial charge in [0, 0.05) is 32.8 Å². The Balaban J connectivity index is 1.73. The molecule has 0 spiro atoms. The largest absolute Gasteiger partial charge is 0.381 e. The molecule has 0 aromatic carbocycles. The summed E-state index contributed by atoms with van der Waals surface area (Å²) >= 11 is 0. The van der Waals surface area contributed by atoms with Crippen molar-refractivity contribution in [3.05, 3.63) is 0 Å². The van der Waals surface area contributed by atoms with Crippen molar-refractivity contribution in [3.8, 4) is 0 Å². The van der Waals surface area contributed by atoms with Gasteiger partial charge in [-0.25, -0.2) is 4.79 Å². The third-order valence-corrected chi connectivity index (χ3v) is 3.59. The Morgan fingerprint density at radius 2 is 1.83 bits per heavy atom. The van der Waals surface area contributed by atoms with Crippen molar-refractivity contribution in [2.24, 2.45) is 5.92 Å². The van der Waals surface area contributed by atoms with Crippen LogP contribution in [0.2, 0.25) is 0 Å². The van der Waals surface area contributed by atoms with Crippen LogP contribution in [0.4, 0.5) is 4.79 Å². The summed E-state index contributed by atoms with van der Waals surface area (Å²) in [6.45, 7) is 7.80. The number of nitrogens with zero attached hydrogens (tertiary/aromatic N) is 1. The molecule has 2 heterocycles. The Hall–Kier alpha value is -0.810. The van der Waals surface area contributed by atoms with Crippen LogP contribution in [0.5, 0.6) is 0 Å². The zero-order chi connectivity index (χ0) is 13.0. The quantitative estimate of drug-likeness (QED) is 0.808. The SMILES string of the molecule is CC1CN(C(=O)NCC2CCOCC2)CC(C)O1. The van der Waals surface area contributed by atoms with E-state index in [1.807, 2.05) is 18.7 Å². The van der Waals surface area contributed by atoms with Gasteiger partial charge >= 0.3 is 6.03 Å². The first kappa shape index (κ1) is 13.6. The molecule has 0 aromatic rings. The molecule has 0 bridgehead atoms. The van der Waals surface area contributed by atoms with E-state index in [1.54, 1.807) is 0 Å². The Morgan fingerprint density at radius 1 is 1.22 bits per heavy atom. The fourth-order valence-electron chi connectivity index (χ4n) is 2.64. The van der Waals surface area contributed by atoms with Gasteiger partial charge in [0.25, 0.3) is 0 Å². The second kappa shape index (κ2) is 6.38. The number of carbonyl (C=O) groups excluding carboxylic acids is 1. The van der Waals surface area contributed by atoms with E-state index in [2.05, 4.69) is 5.32 Å². The number of nitrogens with one attached hydrogen (secondary N) is 1. The minimum Gasteiger partial charge on any atom is -0.381 e. The van der Waals surface area contributed by atoms with Crippen LogP contribution in [0, 0.1) is 5.92 Å². The predicted molar refractivity (Wildman–Crippen MR) is 68.5 cm³/mol. The summed E-state index contributed by atoms with van der Waals surface area (Å²) in [7, 11) is 0. The molecule has 0 aromatic heterocycles. The highest BCUT2D eigenvalue weighted by atomic mass is 16.5. The number of hydrogen-bond acceptors (Lipinski definition) is 3. The molecule has 104 valence electrons. The monoisotopic (exact) mass is 256 g/mol. The third-order valence-electron chi connectivity index (χ3n) is 3.59. The van der Waals surface area contributed by atoms with Crippen molar-refractivity contribution >= 4 is 6.03 Å². The standard InChI is InChI=1S/C13H24N2O3/c1-10-8-15(9-11(2)18-10)13(16)14-7-12-3-5-17-6-4-12/h10-12H,3-9H2,1-2H3,(H,14,16). The molecule has 0 aliphatic carbocycles. The maximum absolute atomic E-state index is 12.1. The van der Waals surface area contributed by atoms with Gasteiger partial charge in [-0.05, 0) is 32.6 Å². The fraction of sp³-hybridized carbons (Fsp3) is 0.923. The van der Waals surface area contributed by atoms with Gasteiger partial charge in [0.05, 0.1) is 12.2 Å². The Labute approximate surface area is 109 Å². The van der Waals surface area contributed by atoms with Crippen molar-refractivity contribution in [2.45, 2.75) is 38.9 Å². The summed E-state index contributed by atoms with van der Waals surface area (Å²) in [4.78, 5) is 13.9. The van der Waals surface area contributed by atoms with Crippen LogP contribution in [0.15, 0.2) is 0 Å². The summed E-state index contributed by atoms with van der Waals surface area (Å²) in [6.07, 6.45) is 2.36. The van der Waals surface area contributed by atoms with Gasteiger partial charge in [0.15, 0.2) is 0 Å². The summed E-state index contributed by atoms with van der Waals surface area (Å²) in [5.74, 6) is 0.568. The van der Waals surface area contributed by atoms with Crippen molar-refractivity contribution in [1.82, 2.24) is 10.2 Å². The first-order valence-corrected chi connectivity index (χ1v) is 6.91. The fourth-order valence-corrected chi connectivity index (χ4v) is 2.64. The predicted octanol–water partition coefficient (Wildman–Crippen LogP) is 1.23. The van der Waals surface area contributed by atoms with Crippen LogP contribution < -0.4 is 5.32 Å². The zero-order valence-corrected chi connectivity index (χ0v) is 11.4. The highest BCUT2D eigenvalue weighted by Crippen LogP contribution is 2.14. The van der Waals surface area contributed by atoms with Crippen LogP contribution in [0.25, 0.3) is 0 Å². The van der Waals surface area contributed by atoms with E-state index in [9.17, 15) is 4.79 Å². The second-order valence-electron chi connectivity index (χ2n) is 5.40. The molecule has 1 N–H and O–H groups in total. The van der Waals surface area contributed by atoms with E-state index < -0.39 is 0 Å². The number of morpholine rings is 1. The topological polar surface area (TPSA) is 50.8 Å². The van der Waals surface area contributed by atoms with Crippen LogP contribution in [0.3, 0.4) is 0 Å². The molecular formula is C13H24N2O3. The van der Waals surface area contributed by atoms with Gasteiger partial charge in [-0.2, -0.15) is 0 Å². The average Bonchev–Trinajstić information content (AvgIpc) is 2.36. The Kier molecular flexibility index (Phi) is 4.83. The summed E-state index contributed by atoms with van der Waals surface area (Å²) in [5.41, 5.74) is 0. The lowest BCUT2D eigenvalue weighted by atomic mass is 10.0. The number of carbonyl (C=O) groups is 1. The lowest BCUT2D eigenvalue weighted by molar-refractivity contribution is -0.0546. The van der Waals surface area contributed by atoms with Crippen LogP contribution >= 0.6 is 0 Å². The molecule has 2 aliphatic heterocycles. The van der Waals surface area contributed by atoms with E-state index in [1.165, 1.54) is 0 Å². The number of hydrogen-bond donors (Lipinski definition) is 1. The Bertz CT molecular complexity index is 269. The molecule has 2 fully saturated rings. The van der Waals surface area contributed by atoms with Crippen molar-refractivity contribution in [3.63, 3.8) is 0 Å². The van der Waals surface area contributed by atoms with Gasteiger partial charge in [-0.3, -0.25) is 0 Å². The second-order valence-corrected chi connectivity index (χ2v) is 5.40. The molecule has 2 atom stereocenters. The van der Waals surface area contributed by atoms with Gasteiger partial charge in [-0.1, -0.05) is 0 Å². The highest BCUT2D eigenvalue weighted by molar-refractivity contribution is 5.74. The number of urea groups is 1. The third kappa shape index (κ3) is 3.85. The van der Waals surface area contributed by atoms with Crippen molar-refractivity contribution < 1.29 is 14.3 Å². The average molecular weight is 256 g/mol. The lowest BCUT2D eigenvalue weighted by Crippen LogP contribution is -2.52. The molecular weight excluding hydrogens is 232 g/mol.